The summed E-state index contributed by atoms with van der Waals surface area (Å²) < 4.78 is 10.4. The van der Waals surface area contributed by atoms with Crippen LogP contribution in [-0.4, -0.2) is 129 Å². The fourth-order valence-electron chi connectivity index (χ4n) is 4.01. The fourth-order valence-corrected chi connectivity index (χ4v) is 4.01. The van der Waals surface area contributed by atoms with Gasteiger partial charge < -0.3 is 71.6 Å². The highest BCUT2D eigenvalue weighted by Gasteiger charge is 2.25. The molecule has 12 N–H and O–H groups in total. The molecule has 0 aromatic carbocycles. The van der Waals surface area contributed by atoms with Crippen molar-refractivity contribution in [1.29, 1.82) is 0 Å². The van der Waals surface area contributed by atoms with Crippen molar-refractivity contribution in [2.45, 2.75) is 104 Å². The van der Waals surface area contributed by atoms with Gasteiger partial charge in [0.2, 0.25) is 23.6 Å². The first-order valence-corrected chi connectivity index (χ1v) is 16.1. The van der Waals surface area contributed by atoms with Gasteiger partial charge in [0.1, 0.15) is 35.1 Å². The number of ether oxygens (including phenoxy) is 2. The van der Waals surface area contributed by atoms with Crippen molar-refractivity contribution in [3.05, 3.63) is 22.9 Å². The molecule has 284 valence electrons. The Hall–Kier alpha value is -3.36. The Balaban J connectivity index is 4.45. The van der Waals surface area contributed by atoms with Crippen LogP contribution in [0.3, 0.4) is 0 Å². The van der Waals surface area contributed by atoms with Crippen LogP contribution in [0, 0.1) is 5.41 Å². The third-order valence-corrected chi connectivity index (χ3v) is 6.78. The van der Waals surface area contributed by atoms with Crippen LogP contribution in [0.25, 0.3) is 0 Å². The molecule has 0 spiro atoms. The predicted molar refractivity (Wildman–Crippen MR) is 174 cm³/mol. The predicted octanol–water partition coefficient (Wildman–Crippen LogP) is -1.45. The monoisotopic (exact) mass is 708 g/mol. The third kappa shape index (κ3) is 20.7. The Labute approximate surface area is 286 Å². The van der Waals surface area contributed by atoms with Gasteiger partial charge in [-0.2, -0.15) is 0 Å². The third-order valence-electron chi connectivity index (χ3n) is 6.78. The summed E-state index contributed by atoms with van der Waals surface area (Å²) in [5.41, 5.74) is -1.35. The highest BCUT2D eigenvalue weighted by Crippen LogP contribution is 2.15. The second-order valence-electron chi connectivity index (χ2n) is 12.1. The zero-order valence-electron chi connectivity index (χ0n) is 28.7. The minimum Gasteiger partial charge on any atom is -0.508 e. The lowest BCUT2D eigenvalue weighted by atomic mass is 9.93. The zero-order chi connectivity index (χ0) is 37.6. The van der Waals surface area contributed by atoms with Gasteiger partial charge in [-0.1, -0.05) is 13.8 Å². The van der Waals surface area contributed by atoms with Gasteiger partial charge in [0.25, 0.3) is 0 Å². The normalized spacial score (nSPS) is 15.2. The van der Waals surface area contributed by atoms with E-state index in [-0.39, 0.29) is 63.8 Å². The van der Waals surface area contributed by atoms with Gasteiger partial charge in [-0.3, -0.25) is 19.2 Å². The van der Waals surface area contributed by atoms with E-state index in [1.807, 2.05) is 13.8 Å². The number of nitrogens with one attached hydrogen (secondary N) is 4. The summed E-state index contributed by atoms with van der Waals surface area (Å²) >= 11 is 0. The molecule has 18 heteroatoms. The van der Waals surface area contributed by atoms with E-state index in [0.29, 0.717) is 25.7 Å². The number of aliphatic hydroxyl groups excluding tert-OH is 8. The van der Waals surface area contributed by atoms with E-state index in [9.17, 15) is 49.8 Å². The maximum atomic E-state index is 12.3. The number of unbranched alkanes of at least 4 members (excludes halogenated alkanes) is 2. The second kappa shape index (κ2) is 24.7. The molecule has 0 saturated carbocycles. The lowest BCUT2D eigenvalue weighted by Crippen LogP contribution is -2.42. The molecule has 0 aliphatic carbocycles. The van der Waals surface area contributed by atoms with Gasteiger partial charge in [-0.15, -0.1) is 0 Å². The molecule has 0 aromatic heterocycles. The standard InChI is InChI=1S/C31H56N4O14/c1-19(38)34-25(27(44)21(40)11-13-36)29(46)48-15-7-5-9-23(42)32-17-31(3,4)18-33-24(43)10-6-8-16-49-30(47)26(35-20(2)39)28(45)22(41)12-14-37/h21-22,29-30,36-37,40-41,44-47H,5-18H2,1-4H3,(H,32,42)(H,33,43)(H,34,38)(H,35,39)/b27-25+,28-26+/t21-,22-,29-,30-/m0/s1. The number of amides is 4. The summed E-state index contributed by atoms with van der Waals surface area (Å²) in [6.45, 7) is 5.61. The molecule has 0 heterocycles. The first-order chi connectivity index (χ1) is 22.9. The summed E-state index contributed by atoms with van der Waals surface area (Å²) in [4.78, 5) is 47.4. The van der Waals surface area contributed by atoms with Crippen LogP contribution >= 0.6 is 0 Å². The maximum absolute atomic E-state index is 12.3. The quantitative estimate of drug-likeness (QED) is 0.0278. The lowest BCUT2D eigenvalue weighted by molar-refractivity contribution is -0.123. The molecule has 49 heavy (non-hydrogen) atoms. The summed E-state index contributed by atoms with van der Waals surface area (Å²) in [5, 5.41) is 88.1. The molecule has 0 rings (SSSR count). The molecule has 0 saturated heterocycles. The van der Waals surface area contributed by atoms with Crippen molar-refractivity contribution in [2.24, 2.45) is 5.41 Å². The molecule has 0 aliphatic rings. The minimum atomic E-state index is -1.76. The Kier molecular flexibility index (Phi) is 23.0. The van der Waals surface area contributed by atoms with Gasteiger partial charge in [-0.05, 0) is 31.1 Å². The largest absolute Gasteiger partial charge is 0.508 e. The van der Waals surface area contributed by atoms with E-state index in [1.54, 1.807) is 0 Å². The van der Waals surface area contributed by atoms with Crippen LogP contribution in [0.1, 0.15) is 79.1 Å². The van der Waals surface area contributed by atoms with Crippen molar-refractivity contribution in [1.82, 2.24) is 21.3 Å². The van der Waals surface area contributed by atoms with Crippen molar-refractivity contribution in [2.75, 3.05) is 39.5 Å². The molecular formula is C31H56N4O14. The van der Waals surface area contributed by atoms with Crippen LogP contribution in [-0.2, 0) is 28.7 Å². The zero-order valence-corrected chi connectivity index (χ0v) is 28.7. The minimum absolute atomic E-state index is 0.0283. The van der Waals surface area contributed by atoms with Gasteiger partial charge in [-0.25, -0.2) is 0 Å². The van der Waals surface area contributed by atoms with Crippen molar-refractivity contribution in [3.8, 4) is 0 Å². The van der Waals surface area contributed by atoms with Crippen molar-refractivity contribution >= 4 is 23.6 Å². The molecule has 4 amide bonds. The van der Waals surface area contributed by atoms with Gasteiger partial charge in [0.15, 0.2) is 12.6 Å². The van der Waals surface area contributed by atoms with Gasteiger partial charge in [0.05, 0.1) is 13.2 Å². The highest BCUT2D eigenvalue weighted by molar-refractivity contribution is 5.77. The maximum Gasteiger partial charge on any atom is 0.221 e. The molecule has 18 nitrogen and oxygen atoms in total. The number of carbonyl (C=O) groups excluding carboxylic acids is 4. The van der Waals surface area contributed by atoms with E-state index in [2.05, 4.69) is 21.3 Å². The Morgan fingerprint density at radius 2 is 0.980 bits per heavy atom. The van der Waals surface area contributed by atoms with Crippen LogP contribution in [0.2, 0.25) is 0 Å². The summed E-state index contributed by atoms with van der Waals surface area (Å²) in [5.74, 6) is -3.19. The first kappa shape index (κ1) is 45.6. The average Bonchev–Trinajstić information content (AvgIpc) is 3.03. The summed E-state index contributed by atoms with van der Waals surface area (Å²) in [6.07, 6.45) is -5.19. The Morgan fingerprint density at radius 3 is 1.29 bits per heavy atom. The average molecular weight is 709 g/mol. The molecule has 0 aromatic rings. The van der Waals surface area contributed by atoms with Crippen LogP contribution in [0.15, 0.2) is 22.9 Å². The van der Waals surface area contributed by atoms with Crippen LogP contribution in [0.4, 0.5) is 0 Å². The van der Waals surface area contributed by atoms with Crippen molar-refractivity contribution in [3.63, 3.8) is 0 Å². The Morgan fingerprint density at radius 1 is 0.633 bits per heavy atom. The van der Waals surface area contributed by atoms with Gasteiger partial charge in [0, 0.05) is 65.8 Å². The number of hydrogen-bond acceptors (Lipinski definition) is 14. The molecule has 0 unspecified atom stereocenters. The first-order valence-electron chi connectivity index (χ1n) is 16.1. The molecule has 0 bridgehead atoms. The van der Waals surface area contributed by atoms with Crippen molar-refractivity contribution < 1.29 is 69.5 Å². The number of rotatable bonds is 26. The summed E-state index contributed by atoms with van der Waals surface area (Å²) in [7, 11) is 0. The molecule has 4 atom stereocenters. The SMILES string of the molecule is CC(=O)N/C(=C(/O)[C@@H](O)CCO)[C@@H](O)OCCCCC(=O)NCC(C)(C)CNC(=O)CCCCO[C@H](O)/C(NC(C)=O)=C(\O)[C@@H](O)CCO. The fraction of sp³-hybridized carbons (Fsp3) is 0.742. The molecular weight excluding hydrogens is 652 g/mol. The van der Waals surface area contributed by atoms with E-state index >= 15 is 0 Å². The van der Waals surface area contributed by atoms with Crippen LogP contribution in [0.5, 0.6) is 0 Å². The number of hydrogen-bond donors (Lipinski definition) is 12. The Bertz CT molecular complexity index is 1020. The smallest absolute Gasteiger partial charge is 0.221 e. The summed E-state index contributed by atoms with van der Waals surface area (Å²) in [6, 6.07) is 0. The second-order valence-corrected chi connectivity index (χ2v) is 12.1. The highest BCUT2D eigenvalue weighted by atomic mass is 16.6. The molecule has 0 fully saturated rings. The van der Waals surface area contributed by atoms with E-state index in [0.717, 1.165) is 13.8 Å². The van der Waals surface area contributed by atoms with Crippen LogP contribution < -0.4 is 21.3 Å². The van der Waals surface area contributed by atoms with E-state index in [4.69, 9.17) is 19.7 Å². The topological polar surface area (TPSA) is 297 Å². The lowest BCUT2D eigenvalue weighted by Gasteiger charge is -2.25. The number of carbonyl (C=O) groups is 4. The van der Waals surface area contributed by atoms with E-state index < -0.39 is 78.1 Å². The molecule has 0 aliphatic heterocycles. The van der Waals surface area contributed by atoms with Gasteiger partial charge >= 0.3 is 0 Å². The van der Waals surface area contributed by atoms with E-state index in [1.165, 1.54) is 0 Å². The number of aliphatic hydroxyl groups is 8. The molecule has 0 radical (unpaired) electrons.